The standard InChI is InChI=1S/C11H16N6S/c1-4-12-6-9-5-8(2)10(13-7-9)18-11-14-15-16-17(11)3/h5,7,12H,4,6H2,1-3H3. The predicted molar refractivity (Wildman–Crippen MR) is 69.3 cm³/mol. The average Bonchev–Trinajstić information content (AvgIpc) is 2.75. The van der Waals surface area contributed by atoms with Crippen molar-refractivity contribution < 1.29 is 0 Å². The maximum absolute atomic E-state index is 4.46. The van der Waals surface area contributed by atoms with Gasteiger partial charge in [-0.2, -0.15) is 0 Å². The third-order valence-electron chi connectivity index (χ3n) is 2.44. The van der Waals surface area contributed by atoms with Gasteiger partial charge in [0.25, 0.3) is 0 Å². The van der Waals surface area contributed by atoms with Gasteiger partial charge in [0.1, 0.15) is 5.03 Å². The van der Waals surface area contributed by atoms with Crippen molar-refractivity contribution >= 4 is 11.8 Å². The molecule has 0 aromatic carbocycles. The van der Waals surface area contributed by atoms with Gasteiger partial charge in [0.15, 0.2) is 0 Å². The molecule has 2 aromatic rings. The lowest BCUT2D eigenvalue weighted by molar-refractivity contribution is 0.664. The Morgan fingerprint density at radius 1 is 1.44 bits per heavy atom. The van der Waals surface area contributed by atoms with Crippen LogP contribution in [0.2, 0.25) is 0 Å². The van der Waals surface area contributed by atoms with Crippen LogP contribution in [0.3, 0.4) is 0 Å². The Morgan fingerprint density at radius 2 is 2.28 bits per heavy atom. The second-order valence-corrected chi connectivity index (χ2v) is 4.89. The van der Waals surface area contributed by atoms with Crippen molar-refractivity contribution in [2.24, 2.45) is 7.05 Å². The summed E-state index contributed by atoms with van der Waals surface area (Å²) in [5.74, 6) is 0. The zero-order chi connectivity index (χ0) is 13.0. The SMILES string of the molecule is CCNCc1cnc(Sc2nnnn2C)c(C)c1. The third kappa shape index (κ3) is 3.05. The molecular formula is C11H16N6S. The number of pyridine rings is 1. The number of hydrogen-bond donors (Lipinski definition) is 1. The zero-order valence-electron chi connectivity index (χ0n) is 10.7. The molecule has 2 aromatic heterocycles. The minimum Gasteiger partial charge on any atom is -0.313 e. The van der Waals surface area contributed by atoms with E-state index in [1.165, 1.54) is 17.3 Å². The van der Waals surface area contributed by atoms with E-state index < -0.39 is 0 Å². The molecule has 0 fully saturated rings. The van der Waals surface area contributed by atoms with Crippen LogP contribution in [0.5, 0.6) is 0 Å². The minimum atomic E-state index is 0.741. The zero-order valence-corrected chi connectivity index (χ0v) is 11.5. The molecule has 96 valence electrons. The van der Waals surface area contributed by atoms with E-state index in [2.05, 4.69) is 45.7 Å². The van der Waals surface area contributed by atoms with Crippen LogP contribution in [-0.2, 0) is 13.6 Å². The van der Waals surface area contributed by atoms with Crippen LogP contribution in [0.15, 0.2) is 22.4 Å². The van der Waals surface area contributed by atoms with E-state index in [1.54, 1.807) is 4.68 Å². The summed E-state index contributed by atoms with van der Waals surface area (Å²) in [6.07, 6.45) is 1.89. The van der Waals surface area contributed by atoms with Crippen molar-refractivity contribution in [3.63, 3.8) is 0 Å². The van der Waals surface area contributed by atoms with Gasteiger partial charge in [0.2, 0.25) is 5.16 Å². The Balaban J connectivity index is 2.12. The van der Waals surface area contributed by atoms with Gasteiger partial charge in [0, 0.05) is 19.8 Å². The van der Waals surface area contributed by atoms with E-state index in [4.69, 9.17) is 0 Å². The molecule has 6 nitrogen and oxygen atoms in total. The van der Waals surface area contributed by atoms with Gasteiger partial charge in [-0.25, -0.2) is 9.67 Å². The molecule has 0 radical (unpaired) electrons. The smallest absolute Gasteiger partial charge is 0.215 e. The van der Waals surface area contributed by atoms with E-state index in [0.29, 0.717) is 0 Å². The van der Waals surface area contributed by atoms with E-state index in [1.807, 2.05) is 13.2 Å². The minimum absolute atomic E-state index is 0.741. The first-order valence-corrected chi connectivity index (χ1v) is 6.58. The summed E-state index contributed by atoms with van der Waals surface area (Å²) in [5, 5.41) is 16.3. The molecular weight excluding hydrogens is 248 g/mol. The molecule has 0 aliphatic heterocycles. The first-order valence-electron chi connectivity index (χ1n) is 5.77. The molecule has 2 heterocycles. The summed E-state index contributed by atoms with van der Waals surface area (Å²) in [7, 11) is 1.82. The Hall–Kier alpha value is -1.47. The molecule has 0 aliphatic rings. The number of rotatable bonds is 5. The van der Waals surface area contributed by atoms with E-state index in [-0.39, 0.29) is 0 Å². The normalized spacial score (nSPS) is 10.8. The van der Waals surface area contributed by atoms with Crippen LogP contribution >= 0.6 is 11.8 Å². The maximum Gasteiger partial charge on any atom is 0.215 e. The highest BCUT2D eigenvalue weighted by Gasteiger charge is 2.09. The summed E-state index contributed by atoms with van der Waals surface area (Å²) < 4.78 is 1.64. The molecule has 0 spiro atoms. The number of hydrogen-bond acceptors (Lipinski definition) is 6. The van der Waals surface area contributed by atoms with Crippen molar-refractivity contribution in [3.8, 4) is 0 Å². The fourth-order valence-corrected chi connectivity index (χ4v) is 2.23. The third-order valence-corrected chi connectivity index (χ3v) is 3.58. The fraction of sp³-hybridized carbons (Fsp3) is 0.455. The first kappa shape index (κ1) is 13.0. The highest BCUT2D eigenvalue weighted by molar-refractivity contribution is 7.99. The lowest BCUT2D eigenvalue weighted by Crippen LogP contribution is -2.12. The number of aromatic nitrogens is 5. The van der Waals surface area contributed by atoms with Gasteiger partial charge in [-0.15, -0.1) is 5.10 Å². The number of nitrogens with one attached hydrogen (secondary N) is 1. The van der Waals surface area contributed by atoms with Gasteiger partial charge in [-0.1, -0.05) is 13.0 Å². The van der Waals surface area contributed by atoms with Crippen molar-refractivity contribution in [2.75, 3.05) is 6.54 Å². The van der Waals surface area contributed by atoms with Gasteiger partial charge in [-0.05, 0) is 46.8 Å². The van der Waals surface area contributed by atoms with Crippen LogP contribution in [0.4, 0.5) is 0 Å². The number of aryl methyl sites for hydroxylation is 2. The Kier molecular flexibility index (Phi) is 4.27. The fourth-order valence-electron chi connectivity index (χ4n) is 1.49. The Morgan fingerprint density at radius 3 is 2.89 bits per heavy atom. The second kappa shape index (κ2) is 5.92. The molecule has 0 atom stereocenters. The van der Waals surface area contributed by atoms with E-state index in [0.717, 1.165) is 28.8 Å². The molecule has 2 rings (SSSR count). The molecule has 0 saturated heterocycles. The van der Waals surface area contributed by atoms with Crippen molar-refractivity contribution in [1.29, 1.82) is 0 Å². The molecule has 7 heteroatoms. The molecule has 0 bridgehead atoms. The number of tetrazole rings is 1. The lowest BCUT2D eigenvalue weighted by atomic mass is 10.2. The molecule has 1 N–H and O–H groups in total. The van der Waals surface area contributed by atoms with E-state index in [9.17, 15) is 0 Å². The maximum atomic E-state index is 4.46. The van der Waals surface area contributed by atoms with Gasteiger partial charge in [0.05, 0.1) is 0 Å². The van der Waals surface area contributed by atoms with Gasteiger partial charge < -0.3 is 5.32 Å². The highest BCUT2D eigenvalue weighted by Crippen LogP contribution is 2.26. The Labute approximate surface area is 110 Å². The van der Waals surface area contributed by atoms with Gasteiger partial charge >= 0.3 is 0 Å². The average molecular weight is 264 g/mol. The van der Waals surface area contributed by atoms with Gasteiger partial charge in [-0.3, -0.25) is 0 Å². The Bertz CT molecular complexity index is 524. The number of nitrogens with zero attached hydrogens (tertiary/aromatic N) is 5. The topological polar surface area (TPSA) is 68.5 Å². The summed E-state index contributed by atoms with van der Waals surface area (Å²) in [6.45, 7) is 5.95. The second-order valence-electron chi connectivity index (χ2n) is 3.93. The summed E-state index contributed by atoms with van der Waals surface area (Å²) >= 11 is 1.48. The molecule has 0 unspecified atom stereocenters. The molecule has 0 amide bonds. The largest absolute Gasteiger partial charge is 0.313 e. The molecule has 0 saturated carbocycles. The van der Waals surface area contributed by atoms with Crippen LogP contribution in [0.1, 0.15) is 18.1 Å². The van der Waals surface area contributed by atoms with Crippen molar-refractivity contribution in [3.05, 3.63) is 23.4 Å². The van der Waals surface area contributed by atoms with Crippen molar-refractivity contribution in [1.82, 2.24) is 30.5 Å². The van der Waals surface area contributed by atoms with Crippen LogP contribution < -0.4 is 5.32 Å². The van der Waals surface area contributed by atoms with Crippen LogP contribution in [0, 0.1) is 6.92 Å². The van der Waals surface area contributed by atoms with Crippen LogP contribution in [-0.4, -0.2) is 31.7 Å². The van der Waals surface area contributed by atoms with Crippen molar-refractivity contribution in [2.45, 2.75) is 30.6 Å². The summed E-state index contributed by atoms with van der Waals surface area (Å²) in [5.41, 5.74) is 2.33. The highest BCUT2D eigenvalue weighted by atomic mass is 32.2. The molecule has 0 aliphatic carbocycles. The van der Waals surface area contributed by atoms with Crippen LogP contribution in [0.25, 0.3) is 0 Å². The predicted octanol–water partition coefficient (Wildman–Crippen LogP) is 1.17. The first-order chi connectivity index (χ1) is 8.70. The lowest BCUT2D eigenvalue weighted by Gasteiger charge is -2.06. The monoisotopic (exact) mass is 264 g/mol. The molecule has 18 heavy (non-hydrogen) atoms. The quantitative estimate of drug-likeness (QED) is 0.874. The summed E-state index contributed by atoms with van der Waals surface area (Å²) in [6, 6.07) is 2.14. The summed E-state index contributed by atoms with van der Waals surface area (Å²) in [4.78, 5) is 4.46. The van der Waals surface area contributed by atoms with E-state index >= 15 is 0 Å².